The Balaban J connectivity index is -0.000000490. The normalized spacial score (nSPS) is 11.5. The van der Waals surface area contributed by atoms with Crippen molar-refractivity contribution in [3.8, 4) is 0 Å². The molecule has 11 heteroatoms. The second kappa shape index (κ2) is 26.4. The zero-order valence-electron chi connectivity index (χ0n) is 20.2. The molecule has 0 aliphatic rings. The largest absolute Gasteiger partial charge is 2.00 e. The van der Waals surface area contributed by atoms with Crippen LogP contribution in [0.4, 0.5) is 0 Å². The summed E-state index contributed by atoms with van der Waals surface area (Å²) in [5, 5.41) is 0. The van der Waals surface area contributed by atoms with Crippen molar-refractivity contribution in [2.24, 2.45) is 0 Å². The average Bonchev–Trinajstić information content (AvgIpc) is 2.70. The molecule has 0 unspecified atom stereocenters. The van der Waals surface area contributed by atoms with E-state index in [1.54, 1.807) is 0 Å². The van der Waals surface area contributed by atoms with Gasteiger partial charge in [0.2, 0.25) is 0 Å². The van der Waals surface area contributed by atoms with E-state index in [1.165, 1.54) is 0 Å². The monoisotopic (exact) mass is 612 g/mol. The van der Waals surface area contributed by atoms with E-state index in [0.717, 1.165) is 77.0 Å². The van der Waals surface area contributed by atoms with Crippen LogP contribution in [0.15, 0.2) is 0 Å². The van der Waals surface area contributed by atoms with Crippen LogP contribution < -0.4 is 9.79 Å². The molecular formula is C20H44BaO8P2. The van der Waals surface area contributed by atoms with Gasteiger partial charge in [0.15, 0.2) is 0 Å². The number of hydrogen-bond acceptors (Lipinski definition) is 8. The van der Waals surface area contributed by atoms with E-state index in [-0.39, 0.29) is 75.3 Å². The second-order valence-corrected chi connectivity index (χ2v) is 9.88. The molecular weight excluding hydrogens is 567 g/mol. The van der Waals surface area contributed by atoms with Gasteiger partial charge in [-0.3, -0.25) is 9.13 Å². The molecule has 0 heterocycles. The summed E-state index contributed by atoms with van der Waals surface area (Å²) in [4.78, 5) is 22.3. The van der Waals surface area contributed by atoms with Gasteiger partial charge < -0.3 is 27.9 Å². The minimum atomic E-state index is -4.02. The molecule has 0 saturated heterocycles. The quantitative estimate of drug-likeness (QED) is 0.103. The predicted molar refractivity (Wildman–Crippen MR) is 123 cm³/mol. The molecule has 8 nitrogen and oxygen atoms in total. The van der Waals surface area contributed by atoms with Crippen molar-refractivity contribution in [1.29, 1.82) is 0 Å². The van der Waals surface area contributed by atoms with E-state index >= 15 is 0 Å². The van der Waals surface area contributed by atoms with Gasteiger partial charge in [0.05, 0.1) is 26.4 Å². The minimum Gasteiger partial charge on any atom is -0.756 e. The first-order valence-electron chi connectivity index (χ1n) is 11.4. The Morgan fingerprint density at radius 1 is 0.484 bits per heavy atom. The molecule has 0 radical (unpaired) electrons. The van der Waals surface area contributed by atoms with Crippen molar-refractivity contribution < 1.29 is 37.0 Å². The van der Waals surface area contributed by atoms with Crippen molar-refractivity contribution in [2.45, 2.75) is 105 Å². The molecule has 0 aliphatic carbocycles. The molecule has 0 atom stereocenters. The predicted octanol–water partition coefficient (Wildman–Crippen LogP) is 5.36. The fraction of sp³-hybridized carbons (Fsp3) is 1.00. The summed E-state index contributed by atoms with van der Waals surface area (Å²) in [6.07, 6.45) is 11.2. The van der Waals surface area contributed by atoms with Gasteiger partial charge in [0.1, 0.15) is 0 Å². The maximum atomic E-state index is 11.1. The van der Waals surface area contributed by atoms with Crippen LogP contribution in [-0.2, 0) is 27.2 Å². The van der Waals surface area contributed by atoms with Gasteiger partial charge in [0.25, 0.3) is 15.6 Å². The van der Waals surface area contributed by atoms with Crippen molar-refractivity contribution in [3.63, 3.8) is 0 Å². The Kier molecular flexibility index (Phi) is 31.8. The summed E-state index contributed by atoms with van der Waals surface area (Å²) >= 11 is 0. The number of phosphoric ester groups is 2. The maximum absolute atomic E-state index is 11.1. The Morgan fingerprint density at radius 3 is 0.839 bits per heavy atom. The van der Waals surface area contributed by atoms with E-state index in [0.29, 0.717) is 0 Å². The van der Waals surface area contributed by atoms with Gasteiger partial charge in [-0.15, -0.1) is 0 Å². The Labute approximate surface area is 230 Å². The standard InChI is InChI=1S/2C10H23O4P.Ba/c2*1-3-5-7-9-13-15(11,12)14-10-8-6-4-2;/h2*3-10H2,1-2H3,(H,11,12);/q;;+2/p-2. The molecule has 0 amide bonds. The molecule has 184 valence electrons. The van der Waals surface area contributed by atoms with Gasteiger partial charge >= 0.3 is 48.9 Å². The summed E-state index contributed by atoms with van der Waals surface area (Å²) < 4.78 is 41.0. The van der Waals surface area contributed by atoms with Crippen molar-refractivity contribution in [3.05, 3.63) is 0 Å². The van der Waals surface area contributed by atoms with Crippen molar-refractivity contribution >= 4 is 64.5 Å². The number of hydrogen-bond donors (Lipinski definition) is 0. The molecule has 0 rings (SSSR count). The first-order chi connectivity index (χ1) is 14.2. The maximum Gasteiger partial charge on any atom is 2.00 e. The summed E-state index contributed by atoms with van der Waals surface area (Å²) in [7, 11) is -8.05. The molecule has 0 bridgehead atoms. The molecule has 0 aromatic rings. The first-order valence-corrected chi connectivity index (χ1v) is 14.4. The summed E-state index contributed by atoms with van der Waals surface area (Å²) in [5.74, 6) is 0. The third-order valence-electron chi connectivity index (χ3n) is 3.99. The molecule has 0 saturated carbocycles. The fourth-order valence-corrected chi connectivity index (χ4v) is 3.75. The van der Waals surface area contributed by atoms with Gasteiger partial charge in [-0.25, -0.2) is 0 Å². The number of rotatable bonds is 20. The fourth-order valence-electron chi connectivity index (χ4n) is 2.19. The minimum absolute atomic E-state index is 0. The Morgan fingerprint density at radius 2 is 0.677 bits per heavy atom. The topological polar surface area (TPSA) is 117 Å². The molecule has 31 heavy (non-hydrogen) atoms. The summed E-state index contributed by atoms with van der Waals surface area (Å²) in [5.41, 5.74) is 0. The van der Waals surface area contributed by atoms with Crippen LogP contribution in [-0.4, -0.2) is 75.3 Å². The Hall–Kier alpha value is 1.79. The van der Waals surface area contributed by atoms with Crippen LogP contribution >= 0.6 is 15.6 Å². The second-order valence-electron chi connectivity index (χ2n) is 7.06. The molecule has 0 aromatic carbocycles. The van der Waals surface area contributed by atoms with Crippen LogP contribution in [0.5, 0.6) is 0 Å². The molecule has 0 fully saturated rings. The van der Waals surface area contributed by atoms with E-state index in [4.69, 9.17) is 0 Å². The number of phosphoric acid groups is 2. The summed E-state index contributed by atoms with van der Waals surface area (Å²) in [6.45, 7) is 9.17. The van der Waals surface area contributed by atoms with Gasteiger partial charge in [-0.05, 0) is 25.7 Å². The molecule has 0 aliphatic heterocycles. The first kappa shape index (κ1) is 37.3. The zero-order chi connectivity index (χ0) is 23.1. The number of unbranched alkanes of at least 4 members (excludes halogenated alkanes) is 8. The van der Waals surface area contributed by atoms with Gasteiger partial charge in [-0.1, -0.05) is 79.1 Å². The van der Waals surface area contributed by atoms with E-state index in [2.05, 4.69) is 45.8 Å². The van der Waals surface area contributed by atoms with Gasteiger partial charge in [-0.2, -0.15) is 0 Å². The Bertz CT molecular complexity index is 383. The van der Waals surface area contributed by atoms with Crippen LogP contribution in [0, 0.1) is 0 Å². The van der Waals surface area contributed by atoms with Crippen molar-refractivity contribution in [1.82, 2.24) is 0 Å². The summed E-state index contributed by atoms with van der Waals surface area (Å²) in [6, 6.07) is 0. The van der Waals surface area contributed by atoms with Crippen LogP contribution in [0.3, 0.4) is 0 Å². The zero-order valence-corrected chi connectivity index (χ0v) is 26.4. The molecule has 0 aromatic heterocycles. The van der Waals surface area contributed by atoms with E-state index < -0.39 is 15.6 Å². The smallest absolute Gasteiger partial charge is 0.756 e. The molecule has 0 spiro atoms. The van der Waals surface area contributed by atoms with Crippen LogP contribution in [0.25, 0.3) is 0 Å². The van der Waals surface area contributed by atoms with Gasteiger partial charge in [0, 0.05) is 0 Å². The van der Waals surface area contributed by atoms with E-state index in [1.807, 2.05) is 0 Å². The SMILES string of the molecule is CCCCCOP(=O)([O-])OCCCCC.CCCCCOP(=O)([O-])OCCCCC.[Ba+2]. The average molecular weight is 612 g/mol. The third-order valence-corrected chi connectivity index (χ3v) is 5.98. The molecule has 0 N–H and O–H groups in total. The van der Waals surface area contributed by atoms with Crippen LogP contribution in [0.1, 0.15) is 105 Å². The van der Waals surface area contributed by atoms with E-state index in [9.17, 15) is 18.9 Å². The third kappa shape index (κ3) is 31.8. The van der Waals surface area contributed by atoms with Crippen molar-refractivity contribution in [2.75, 3.05) is 26.4 Å². The van der Waals surface area contributed by atoms with Crippen LogP contribution in [0.2, 0.25) is 0 Å².